The van der Waals surface area contributed by atoms with E-state index in [4.69, 9.17) is 14.2 Å². The van der Waals surface area contributed by atoms with Crippen molar-refractivity contribution in [1.82, 2.24) is 4.90 Å². The summed E-state index contributed by atoms with van der Waals surface area (Å²) < 4.78 is 17.6. The van der Waals surface area contributed by atoms with Gasteiger partial charge in [-0.2, -0.15) is 0 Å². The Balaban J connectivity index is 1.40. The van der Waals surface area contributed by atoms with E-state index in [0.717, 1.165) is 34.6 Å². The van der Waals surface area contributed by atoms with E-state index in [2.05, 4.69) is 30.0 Å². The monoisotopic (exact) mass is 427 g/mol. The molecule has 0 bridgehead atoms. The molecule has 0 aromatic heterocycles. The highest BCUT2D eigenvalue weighted by molar-refractivity contribution is 6.15. The van der Waals surface area contributed by atoms with Gasteiger partial charge in [0.1, 0.15) is 24.0 Å². The van der Waals surface area contributed by atoms with Gasteiger partial charge in [0, 0.05) is 18.7 Å². The third kappa shape index (κ3) is 3.76. The molecule has 0 radical (unpaired) electrons. The second kappa shape index (κ2) is 8.52. The van der Waals surface area contributed by atoms with Crippen molar-refractivity contribution in [3.8, 4) is 17.2 Å². The van der Waals surface area contributed by atoms with Gasteiger partial charge in [0.15, 0.2) is 5.76 Å². The SMILES string of the molecule is CCc1ccc(/C=C2\Oc3c(ccc4c3CN(Cc3ccccc3OC)CO4)C2=O)cc1. The van der Waals surface area contributed by atoms with Crippen LogP contribution in [0.2, 0.25) is 0 Å². The molecule has 0 unspecified atom stereocenters. The fourth-order valence-electron chi connectivity index (χ4n) is 4.18. The first kappa shape index (κ1) is 20.3. The van der Waals surface area contributed by atoms with Crippen LogP contribution in [0.1, 0.15) is 39.5 Å². The molecule has 3 aromatic rings. The molecule has 0 atom stereocenters. The van der Waals surface area contributed by atoms with Gasteiger partial charge in [-0.05, 0) is 41.8 Å². The Morgan fingerprint density at radius 2 is 1.88 bits per heavy atom. The molecule has 162 valence electrons. The summed E-state index contributed by atoms with van der Waals surface area (Å²) in [6.07, 6.45) is 2.79. The Morgan fingerprint density at radius 3 is 2.66 bits per heavy atom. The summed E-state index contributed by atoms with van der Waals surface area (Å²) in [5.74, 6) is 2.47. The largest absolute Gasteiger partial charge is 0.496 e. The molecule has 3 aromatic carbocycles. The molecule has 0 saturated carbocycles. The molecule has 2 aliphatic rings. The van der Waals surface area contributed by atoms with Gasteiger partial charge in [0.25, 0.3) is 0 Å². The summed E-state index contributed by atoms with van der Waals surface area (Å²) in [6.45, 7) is 3.89. The summed E-state index contributed by atoms with van der Waals surface area (Å²) >= 11 is 0. The van der Waals surface area contributed by atoms with E-state index in [1.165, 1.54) is 5.56 Å². The molecule has 0 aliphatic carbocycles. The van der Waals surface area contributed by atoms with Gasteiger partial charge in [-0.25, -0.2) is 0 Å². The molecule has 0 fully saturated rings. The van der Waals surface area contributed by atoms with Gasteiger partial charge in [0.2, 0.25) is 5.78 Å². The highest BCUT2D eigenvalue weighted by atomic mass is 16.5. The number of carbonyl (C=O) groups excluding carboxylic acids is 1. The van der Waals surface area contributed by atoms with Crippen LogP contribution in [0.25, 0.3) is 6.08 Å². The molecular weight excluding hydrogens is 402 g/mol. The second-order valence-corrected chi connectivity index (χ2v) is 8.03. The fourth-order valence-corrected chi connectivity index (χ4v) is 4.18. The summed E-state index contributed by atoms with van der Waals surface area (Å²) in [5.41, 5.74) is 4.78. The molecule has 5 rings (SSSR count). The first-order valence-corrected chi connectivity index (χ1v) is 10.8. The zero-order valence-corrected chi connectivity index (χ0v) is 18.3. The third-order valence-corrected chi connectivity index (χ3v) is 5.95. The summed E-state index contributed by atoms with van der Waals surface area (Å²) in [5, 5.41) is 0. The normalized spacial score (nSPS) is 16.3. The minimum absolute atomic E-state index is 0.0933. The number of hydrogen-bond acceptors (Lipinski definition) is 5. The Morgan fingerprint density at radius 1 is 1.06 bits per heavy atom. The number of ketones is 1. The molecule has 32 heavy (non-hydrogen) atoms. The number of ether oxygens (including phenoxy) is 3. The number of methoxy groups -OCH3 is 1. The number of benzene rings is 3. The Labute approximate surface area is 187 Å². The Bertz CT molecular complexity index is 1200. The number of nitrogens with zero attached hydrogens (tertiary/aromatic N) is 1. The predicted octanol–water partition coefficient (Wildman–Crippen LogP) is 5.23. The summed E-state index contributed by atoms with van der Waals surface area (Å²) in [4.78, 5) is 15.2. The first-order chi connectivity index (χ1) is 15.7. The van der Waals surface area contributed by atoms with Crippen LogP contribution >= 0.6 is 0 Å². The van der Waals surface area contributed by atoms with Crippen LogP contribution in [0.4, 0.5) is 0 Å². The van der Waals surface area contributed by atoms with Crippen molar-refractivity contribution in [2.75, 3.05) is 13.8 Å². The number of Topliss-reactive ketones (excluding diaryl/α,β-unsaturated/α-hetero) is 1. The van der Waals surface area contributed by atoms with Crippen molar-refractivity contribution < 1.29 is 19.0 Å². The molecule has 5 heteroatoms. The highest BCUT2D eigenvalue weighted by Gasteiger charge is 2.33. The number of hydrogen-bond donors (Lipinski definition) is 0. The van der Waals surface area contributed by atoms with E-state index in [-0.39, 0.29) is 5.78 Å². The number of fused-ring (bicyclic) bond motifs is 3. The van der Waals surface area contributed by atoms with Crippen LogP contribution in [-0.2, 0) is 19.5 Å². The minimum atomic E-state index is -0.0933. The van der Waals surface area contributed by atoms with Gasteiger partial charge in [-0.3, -0.25) is 9.69 Å². The van der Waals surface area contributed by atoms with Gasteiger partial charge in [0.05, 0.1) is 18.2 Å². The Hall–Kier alpha value is -3.57. The summed E-state index contributed by atoms with van der Waals surface area (Å²) in [6, 6.07) is 19.8. The zero-order chi connectivity index (χ0) is 22.1. The Kier molecular flexibility index (Phi) is 5.41. The van der Waals surface area contributed by atoms with Crippen molar-refractivity contribution in [2.24, 2.45) is 0 Å². The lowest BCUT2D eigenvalue weighted by molar-refractivity contribution is 0.0865. The first-order valence-electron chi connectivity index (χ1n) is 10.8. The molecule has 0 saturated heterocycles. The molecule has 2 aliphatic heterocycles. The minimum Gasteiger partial charge on any atom is -0.496 e. The molecule has 2 heterocycles. The molecule has 0 N–H and O–H groups in total. The van der Waals surface area contributed by atoms with E-state index >= 15 is 0 Å². The lowest BCUT2D eigenvalue weighted by Gasteiger charge is -2.30. The van der Waals surface area contributed by atoms with Crippen LogP contribution in [0.5, 0.6) is 17.2 Å². The topological polar surface area (TPSA) is 48.0 Å². The average Bonchev–Trinajstić information content (AvgIpc) is 3.15. The van der Waals surface area contributed by atoms with Crippen molar-refractivity contribution >= 4 is 11.9 Å². The van der Waals surface area contributed by atoms with E-state index in [0.29, 0.717) is 36.9 Å². The van der Waals surface area contributed by atoms with E-state index < -0.39 is 0 Å². The molecular formula is C27H25NO4. The number of rotatable bonds is 5. The van der Waals surface area contributed by atoms with Gasteiger partial charge >= 0.3 is 0 Å². The maximum atomic E-state index is 13.0. The predicted molar refractivity (Wildman–Crippen MR) is 123 cm³/mol. The van der Waals surface area contributed by atoms with E-state index in [1.807, 2.05) is 42.5 Å². The van der Waals surface area contributed by atoms with Crippen molar-refractivity contribution in [3.05, 3.63) is 94.2 Å². The third-order valence-electron chi connectivity index (χ3n) is 5.95. The van der Waals surface area contributed by atoms with Gasteiger partial charge < -0.3 is 14.2 Å². The molecule has 0 amide bonds. The summed E-state index contributed by atoms with van der Waals surface area (Å²) in [7, 11) is 1.68. The standard InChI is InChI=1S/C27H25NO4/c1-3-18-8-10-19(11-9-18)14-25-26(29)21-12-13-24-22(27(21)32-25)16-28(17-31-24)15-20-6-4-5-7-23(20)30-2/h4-14H,3,15-17H2,1-2H3/b25-14-. The zero-order valence-electron chi connectivity index (χ0n) is 18.3. The highest BCUT2D eigenvalue weighted by Crippen LogP contribution is 2.42. The van der Waals surface area contributed by atoms with Crippen LogP contribution in [0, 0.1) is 0 Å². The van der Waals surface area contributed by atoms with Crippen LogP contribution < -0.4 is 14.2 Å². The van der Waals surface area contributed by atoms with Crippen molar-refractivity contribution in [1.29, 1.82) is 0 Å². The number of allylic oxidation sites excluding steroid dienone is 1. The number of aryl methyl sites for hydroxylation is 1. The van der Waals surface area contributed by atoms with Crippen LogP contribution in [-0.4, -0.2) is 24.5 Å². The van der Waals surface area contributed by atoms with Crippen molar-refractivity contribution in [2.45, 2.75) is 26.4 Å². The average molecular weight is 428 g/mol. The number of carbonyl (C=O) groups is 1. The second-order valence-electron chi connectivity index (χ2n) is 8.03. The maximum Gasteiger partial charge on any atom is 0.231 e. The van der Waals surface area contributed by atoms with E-state index in [9.17, 15) is 4.79 Å². The van der Waals surface area contributed by atoms with Crippen molar-refractivity contribution in [3.63, 3.8) is 0 Å². The number of para-hydroxylation sites is 1. The lowest BCUT2D eigenvalue weighted by atomic mass is 10.0. The van der Waals surface area contributed by atoms with Gasteiger partial charge in [-0.1, -0.05) is 49.4 Å². The smallest absolute Gasteiger partial charge is 0.231 e. The quantitative estimate of drug-likeness (QED) is 0.522. The lowest BCUT2D eigenvalue weighted by Crippen LogP contribution is -2.31. The maximum absolute atomic E-state index is 13.0. The molecule has 5 nitrogen and oxygen atoms in total. The van der Waals surface area contributed by atoms with Gasteiger partial charge in [-0.15, -0.1) is 0 Å². The van der Waals surface area contributed by atoms with Crippen LogP contribution in [0.15, 0.2) is 66.4 Å². The molecule has 0 spiro atoms. The van der Waals surface area contributed by atoms with Crippen LogP contribution in [0.3, 0.4) is 0 Å². The van der Waals surface area contributed by atoms with E-state index in [1.54, 1.807) is 13.2 Å². The fraction of sp³-hybridized carbons (Fsp3) is 0.222.